The number of fused-ring (bicyclic) bond motifs is 2. The molecule has 0 bridgehead atoms. The van der Waals surface area contributed by atoms with Gasteiger partial charge in [0.05, 0.1) is 22.9 Å². The third kappa shape index (κ3) is 3.68. The number of nitrogens with zero attached hydrogens (tertiary/aromatic N) is 2. The first-order valence-corrected chi connectivity index (χ1v) is 13.6. The lowest BCUT2D eigenvalue weighted by molar-refractivity contribution is -0.770. The Morgan fingerprint density at radius 2 is 1.13 bits per heavy atom. The SMILES string of the molecule is Cc1cccc2c1SC1(Oc3c(cccc3-c3ccccc3)C=[N+]1c1ccccc1)[N+](c1ccccc1)=C2. The molecule has 4 heteroatoms. The summed E-state index contributed by atoms with van der Waals surface area (Å²) in [5, 5.41) is -0.931. The first-order valence-electron chi connectivity index (χ1n) is 12.8. The fraction of sp³-hybridized carbons (Fsp3) is 0.0588. The maximum absolute atomic E-state index is 7.34. The average molecular weight is 511 g/mol. The number of ether oxygens (including phenoxy) is 1. The van der Waals surface area contributed by atoms with E-state index in [4.69, 9.17) is 4.74 Å². The van der Waals surface area contributed by atoms with Crippen molar-refractivity contribution in [2.75, 3.05) is 0 Å². The lowest BCUT2D eigenvalue weighted by Crippen LogP contribution is -2.54. The van der Waals surface area contributed by atoms with Crippen LogP contribution in [0.4, 0.5) is 11.4 Å². The molecule has 0 radical (unpaired) electrons. The van der Waals surface area contributed by atoms with Gasteiger partial charge in [-0.3, -0.25) is 0 Å². The molecule has 1 spiro atoms. The van der Waals surface area contributed by atoms with E-state index in [0.29, 0.717) is 0 Å². The molecule has 0 amide bonds. The second-order valence-corrected chi connectivity index (χ2v) is 10.6. The molecule has 5 aromatic rings. The minimum Gasteiger partial charge on any atom is -0.367 e. The first kappa shape index (κ1) is 22.8. The Kier molecular flexibility index (Phi) is 5.49. The maximum Gasteiger partial charge on any atom is 0.584 e. The second-order valence-electron chi connectivity index (χ2n) is 9.51. The first-order chi connectivity index (χ1) is 18.7. The Balaban J connectivity index is 1.55. The Morgan fingerprint density at radius 3 is 1.79 bits per heavy atom. The van der Waals surface area contributed by atoms with E-state index in [1.54, 1.807) is 11.8 Å². The summed E-state index contributed by atoms with van der Waals surface area (Å²) in [6.07, 6.45) is 4.47. The van der Waals surface area contributed by atoms with Gasteiger partial charge in [0.1, 0.15) is 0 Å². The number of aryl methyl sites for hydroxylation is 1. The third-order valence-electron chi connectivity index (χ3n) is 7.06. The maximum atomic E-state index is 7.34. The standard InChI is InChI=1S/C34H26N2OS/c1-25-13-11-17-28-24-36(30-20-9-4-10-21-30)34(38-33(25)28)35(29-18-7-3-8-19-29)23-27-16-12-22-31(32(27)37-34)26-14-5-2-6-15-26/h2-24H,1H3/q+2. The van der Waals surface area contributed by atoms with Gasteiger partial charge >= 0.3 is 5.18 Å². The predicted octanol–water partition coefficient (Wildman–Crippen LogP) is 8.00. The lowest BCUT2D eigenvalue weighted by atomic mass is 10.0. The summed E-state index contributed by atoms with van der Waals surface area (Å²) in [6, 6.07) is 44.4. The molecule has 2 aliphatic rings. The van der Waals surface area contributed by atoms with Gasteiger partial charge in [-0.25, -0.2) is 0 Å². The topological polar surface area (TPSA) is 15.2 Å². The van der Waals surface area contributed by atoms with E-state index in [2.05, 4.69) is 150 Å². The van der Waals surface area contributed by atoms with E-state index in [1.165, 1.54) is 16.0 Å². The van der Waals surface area contributed by atoms with E-state index in [0.717, 1.165) is 33.8 Å². The summed E-state index contributed by atoms with van der Waals surface area (Å²) in [4.78, 5) is 1.22. The highest BCUT2D eigenvalue weighted by Crippen LogP contribution is 2.50. The van der Waals surface area contributed by atoms with Crippen molar-refractivity contribution < 1.29 is 13.9 Å². The highest BCUT2D eigenvalue weighted by molar-refractivity contribution is 8.00. The Morgan fingerprint density at radius 1 is 0.579 bits per heavy atom. The molecule has 38 heavy (non-hydrogen) atoms. The van der Waals surface area contributed by atoms with Crippen LogP contribution in [0.2, 0.25) is 0 Å². The third-order valence-corrected chi connectivity index (χ3v) is 8.56. The summed E-state index contributed by atoms with van der Waals surface area (Å²) in [7, 11) is 0. The number of benzene rings is 5. The van der Waals surface area contributed by atoms with Gasteiger partial charge < -0.3 is 4.74 Å². The number of hydrogen-bond acceptors (Lipinski definition) is 2. The molecule has 0 saturated heterocycles. The number of rotatable bonds is 3. The Labute approximate surface area is 227 Å². The van der Waals surface area contributed by atoms with Crippen molar-refractivity contribution in [1.29, 1.82) is 0 Å². The predicted molar refractivity (Wildman–Crippen MR) is 155 cm³/mol. The van der Waals surface area contributed by atoms with Crippen molar-refractivity contribution in [3.8, 4) is 16.9 Å². The van der Waals surface area contributed by atoms with E-state index in [9.17, 15) is 0 Å². The second kappa shape index (κ2) is 9.16. The molecular weight excluding hydrogens is 484 g/mol. The van der Waals surface area contributed by atoms with E-state index in [-0.39, 0.29) is 0 Å². The van der Waals surface area contributed by atoms with Crippen LogP contribution in [0.15, 0.2) is 132 Å². The fourth-order valence-electron chi connectivity index (χ4n) is 5.23. The zero-order valence-electron chi connectivity index (χ0n) is 21.0. The van der Waals surface area contributed by atoms with Gasteiger partial charge in [-0.2, -0.15) is 0 Å². The van der Waals surface area contributed by atoms with Crippen LogP contribution in [0.1, 0.15) is 16.7 Å². The van der Waals surface area contributed by atoms with Crippen LogP contribution in [-0.4, -0.2) is 26.8 Å². The van der Waals surface area contributed by atoms with Crippen molar-refractivity contribution in [1.82, 2.24) is 0 Å². The summed E-state index contributed by atoms with van der Waals surface area (Å²) >= 11 is 1.75. The van der Waals surface area contributed by atoms with Crippen LogP contribution in [0.25, 0.3) is 11.1 Å². The monoisotopic (exact) mass is 510 g/mol. The fourth-order valence-corrected chi connectivity index (χ4v) is 6.60. The zero-order valence-corrected chi connectivity index (χ0v) is 21.8. The number of para-hydroxylation sites is 3. The van der Waals surface area contributed by atoms with Crippen molar-refractivity contribution in [3.63, 3.8) is 0 Å². The van der Waals surface area contributed by atoms with Crippen molar-refractivity contribution >= 4 is 35.6 Å². The zero-order chi connectivity index (χ0) is 25.5. The largest absolute Gasteiger partial charge is 0.584 e. The van der Waals surface area contributed by atoms with Crippen LogP contribution >= 0.6 is 11.8 Å². The summed E-state index contributed by atoms with van der Waals surface area (Å²) in [5.41, 5.74) is 7.79. The van der Waals surface area contributed by atoms with E-state index >= 15 is 0 Å². The van der Waals surface area contributed by atoms with Gasteiger partial charge in [-0.1, -0.05) is 100 Å². The van der Waals surface area contributed by atoms with Crippen LogP contribution in [0.3, 0.4) is 0 Å². The smallest absolute Gasteiger partial charge is 0.367 e. The molecule has 0 N–H and O–H groups in total. The van der Waals surface area contributed by atoms with Crippen LogP contribution in [0.5, 0.6) is 5.75 Å². The van der Waals surface area contributed by atoms with Gasteiger partial charge in [0.15, 0.2) is 18.2 Å². The molecule has 1 atom stereocenters. The molecule has 0 aliphatic carbocycles. The van der Waals surface area contributed by atoms with E-state index < -0.39 is 5.18 Å². The molecule has 2 aliphatic heterocycles. The van der Waals surface area contributed by atoms with E-state index in [1.807, 2.05) is 6.07 Å². The van der Waals surface area contributed by atoms with Crippen LogP contribution in [0, 0.1) is 6.92 Å². The van der Waals surface area contributed by atoms with Gasteiger partial charge in [0.2, 0.25) is 11.4 Å². The molecule has 2 heterocycles. The van der Waals surface area contributed by atoms with Crippen molar-refractivity contribution in [2.45, 2.75) is 17.0 Å². The highest BCUT2D eigenvalue weighted by atomic mass is 32.2. The Bertz CT molecular complexity index is 1710. The molecule has 0 aromatic heterocycles. The minimum atomic E-state index is -0.931. The van der Waals surface area contributed by atoms with Gasteiger partial charge in [0, 0.05) is 34.7 Å². The molecule has 3 nitrogen and oxygen atoms in total. The highest BCUT2D eigenvalue weighted by Gasteiger charge is 2.63. The van der Waals surface area contributed by atoms with Gasteiger partial charge in [-0.15, -0.1) is 0 Å². The minimum absolute atomic E-state index is 0.879. The molecular formula is C34H26N2OS+2. The lowest BCUT2D eigenvalue weighted by Gasteiger charge is -2.32. The molecule has 7 rings (SSSR count). The summed E-state index contributed by atoms with van der Waals surface area (Å²) in [5.74, 6) is 0.879. The van der Waals surface area contributed by atoms with Crippen LogP contribution in [-0.2, 0) is 0 Å². The molecule has 0 saturated carbocycles. The molecule has 182 valence electrons. The summed E-state index contributed by atoms with van der Waals surface area (Å²) < 4.78 is 11.9. The number of thioether (sulfide) groups is 1. The van der Waals surface area contributed by atoms with Crippen molar-refractivity contribution in [3.05, 3.63) is 144 Å². The van der Waals surface area contributed by atoms with Crippen LogP contribution < -0.4 is 4.74 Å². The summed E-state index contributed by atoms with van der Waals surface area (Å²) in [6.45, 7) is 2.17. The van der Waals surface area contributed by atoms with Crippen molar-refractivity contribution in [2.24, 2.45) is 0 Å². The molecule has 0 fully saturated rings. The Hall–Kier alpha value is -4.41. The quantitative estimate of drug-likeness (QED) is 0.229. The van der Waals surface area contributed by atoms with Gasteiger partial charge in [-0.05, 0) is 30.2 Å². The average Bonchev–Trinajstić information content (AvgIpc) is 2.98. The molecule has 1 unspecified atom stereocenters. The molecule has 5 aromatic carbocycles. The van der Waals surface area contributed by atoms with Gasteiger partial charge in [0.25, 0.3) is 0 Å². The number of hydrogen-bond donors (Lipinski definition) is 0. The normalized spacial score (nSPS) is 17.6.